The Morgan fingerprint density at radius 3 is 2.71 bits per heavy atom. The van der Waals surface area contributed by atoms with Crippen molar-refractivity contribution in [3.05, 3.63) is 35.4 Å². The fraction of sp³-hybridized carbons (Fsp3) is 0.500. The van der Waals surface area contributed by atoms with Crippen molar-refractivity contribution >= 4 is 5.91 Å². The highest BCUT2D eigenvalue weighted by molar-refractivity contribution is 5.95. The molecule has 0 N–H and O–H groups in total. The van der Waals surface area contributed by atoms with Crippen LogP contribution >= 0.6 is 0 Å². The third kappa shape index (κ3) is 2.50. The van der Waals surface area contributed by atoms with Crippen molar-refractivity contribution in [1.82, 2.24) is 4.90 Å². The normalized spacial score (nSPS) is 16.1. The second-order valence-corrected chi connectivity index (χ2v) is 4.85. The van der Waals surface area contributed by atoms with Crippen LogP contribution in [0.1, 0.15) is 35.7 Å². The predicted octanol–water partition coefficient (Wildman–Crippen LogP) is 2.28. The fourth-order valence-corrected chi connectivity index (χ4v) is 1.97. The third-order valence-electron chi connectivity index (χ3n) is 3.27. The largest absolute Gasteiger partial charge is 0.378 e. The number of hydrogen-bond acceptors (Lipinski definition) is 2. The lowest BCUT2D eigenvalue weighted by molar-refractivity contribution is -0.0192. The first-order valence-electron chi connectivity index (χ1n) is 6.04. The summed E-state index contributed by atoms with van der Waals surface area (Å²) >= 11 is 0. The van der Waals surface area contributed by atoms with Gasteiger partial charge in [0, 0.05) is 25.8 Å². The summed E-state index contributed by atoms with van der Waals surface area (Å²) in [6.07, 6.45) is 0.215. The monoisotopic (exact) mass is 233 g/mol. The fourth-order valence-electron chi connectivity index (χ4n) is 1.97. The van der Waals surface area contributed by atoms with E-state index in [1.54, 1.807) is 7.11 Å². The molecule has 0 saturated carbocycles. The van der Waals surface area contributed by atoms with Crippen molar-refractivity contribution < 1.29 is 9.53 Å². The van der Waals surface area contributed by atoms with Crippen LogP contribution in [0.25, 0.3) is 0 Å². The van der Waals surface area contributed by atoms with Crippen molar-refractivity contribution in [2.75, 3.05) is 20.2 Å². The van der Waals surface area contributed by atoms with E-state index in [0.717, 1.165) is 5.56 Å². The number of methoxy groups -OCH3 is 1. The standard InChI is InChI=1S/C14H19NO2/c1-10(2)11-5-4-6-12(7-11)14(16)15-8-13(9-15)17-3/h4-7,10,13H,8-9H2,1-3H3. The van der Waals surface area contributed by atoms with Crippen LogP contribution in [0.4, 0.5) is 0 Å². The number of rotatable bonds is 3. The summed E-state index contributed by atoms with van der Waals surface area (Å²) in [4.78, 5) is 14.0. The molecule has 1 amide bonds. The highest BCUT2D eigenvalue weighted by Gasteiger charge is 2.30. The molecule has 0 spiro atoms. The molecule has 0 aromatic heterocycles. The first-order valence-corrected chi connectivity index (χ1v) is 6.04. The van der Waals surface area contributed by atoms with Gasteiger partial charge in [0.2, 0.25) is 0 Å². The molecule has 1 aliphatic heterocycles. The Bertz CT molecular complexity index is 408. The number of carbonyl (C=O) groups is 1. The summed E-state index contributed by atoms with van der Waals surface area (Å²) in [7, 11) is 1.69. The van der Waals surface area contributed by atoms with Gasteiger partial charge in [0.25, 0.3) is 5.91 Å². The van der Waals surface area contributed by atoms with E-state index in [4.69, 9.17) is 4.74 Å². The molecule has 1 fully saturated rings. The molecule has 1 aromatic rings. The number of likely N-dealkylation sites (tertiary alicyclic amines) is 1. The van der Waals surface area contributed by atoms with E-state index >= 15 is 0 Å². The molecule has 0 atom stereocenters. The van der Waals surface area contributed by atoms with E-state index in [2.05, 4.69) is 19.9 Å². The van der Waals surface area contributed by atoms with Crippen molar-refractivity contribution in [1.29, 1.82) is 0 Å². The van der Waals surface area contributed by atoms with E-state index in [1.165, 1.54) is 5.56 Å². The molecule has 1 aliphatic rings. The lowest BCUT2D eigenvalue weighted by atomic mass is 9.99. The van der Waals surface area contributed by atoms with Crippen LogP contribution in [0.15, 0.2) is 24.3 Å². The maximum absolute atomic E-state index is 12.1. The minimum atomic E-state index is 0.112. The van der Waals surface area contributed by atoms with Crippen LogP contribution in [0.5, 0.6) is 0 Å². The zero-order valence-electron chi connectivity index (χ0n) is 10.6. The maximum atomic E-state index is 12.1. The molecule has 0 aliphatic carbocycles. The molecule has 3 heteroatoms. The lowest BCUT2D eigenvalue weighted by Crippen LogP contribution is -2.54. The number of hydrogen-bond donors (Lipinski definition) is 0. The summed E-state index contributed by atoms with van der Waals surface area (Å²) in [6.45, 7) is 5.69. The van der Waals surface area contributed by atoms with Gasteiger partial charge in [-0.2, -0.15) is 0 Å². The van der Waals surface area contributed by atoms with Crippen LogP contribution in [0.3, 0.4) is 0 Å². The Balaban J connectivity index is 2.07. The van der Waals surface area contributed by atoms with Crippen molar-refractivity contribution in [2.24, 2.45) is 0 Å². The quantitative estimate of drug-likeness (QED) is 0.801. The van der Waals surface area contributed by atoms with Gasteiger partial charge >= 0.3 is 0 Å². The summed E-state index contributed by atoms with van der Waals surface area (Å²) in [5.41, 5.74) is 1.99. The van der Waals surface area contributed by atoms with Gasteiger partial charge in [-0.3, -0.25) is 4.79 Å². The molecule has 92 valence electrons. The zero-order chi connectivity index (χ0) is 12.4. The lowest BCUT2D eigenvalue weighted by Gasteiger charge is -2.38. The topological polar surface area (TPSA) is 29.5 Å². The molecule has 17 heavy (non-hydrogen) atoms. The number of nitrogens with zero attached hydrogens (tertiary/aromatic N) is 1. The van der Waals surface area contributed by atoms with Gasteiger partial charge in [0.1, 0.15) is 0 Å². The molecular weight excluding hydrogens is 214 g/mol. The van der Waals surface area contributed by atoms with Gasteiger partial charge in [-0.15, -0.1) is 0 Å². The summed E-state index contributed by atoms with van der Waals surface area (Å²) in [5.74, 6) is 0.562. The Morgan fingerprint density at radius 1 is 1.41 bits per heavy atom. The Morgan fingerprint density at radius 2 is 2.12 bits per heavy atom. The van der Waals surface area contributed by atoms with Gasteiger partial charge in [0.05, 0.1) is 6.10 Å². The maximum Gasteiger partial charge on any atom is 0.254 e. The summed E-state index contributed by atoms with van der Waals surface area (Å²) < 4.78 is 5.17. The number of ether oxygens (including phenoxy) is 1. The van der Waals surface area contributed by atoms with Gasteiger partial charge in [-0.05, 0) is 23.6 Å². The first-order chi connectivity index (χ1) is 8.11. The molecule has 1 saturated heterocycles. The molecule has 0 unspecified atom stereocenters. The molecular formula is C14H19NO2. The second-order valence-electron chi connectivity index (χ2n) is 4.85. The van der Waals surface area contributed by atoms with E-state index < -0.39 is 0 Å². The predicted molar refractivity (Wildman–Crippen MR) is 67.2 cm³/mol. The molecule has 1 heterocycles. The molecule has 2 rings (SSSR count). The average molecular weight is 233 g/mol. The van der Waals surface area contributed by atoms with Gasteiger partial charge in [-0.25, -0.2) is 0 Å². The summed E-state index contributed by atoms with van der Waals surface area (Å²) in [6, 6.07) is 7.90. The summed E-state index contributed by atoms with van der Waals surface area (Å²) in [5, 5.41) is 0. The van der Waals surface area contributed by atoms with Gasteiger partial charge in [-0.1, -0.05) is 26.0 Å². The minimum absolute atomic E-state index is 0.112. The highest BCUT2D eigenvalue weighted by Crippen LogP contribution is 2.19. The molecule has 1 aromatic carbocycles. The number of carbonyl (C=O) groups excluding carboxylic acids is 1. The van der Waals surface area contributed by atoms with Crippen LogP contribution in [-0.4, -0.2) is 37.1 Å². The smallest absolute Gasteiger partial charge is 0.254 e. The number of amides is 1. The Labute approximate surface area is 102 Å². The Kier molecular flexibility index (Phi) is 3.48. The molecule has 0 radical (unpaired) electrons. The van der Waals surface area contributed by atoms with E-state index in [-0.39, 0.29) is 12.0 Å². The van der Waals surface area contributed by atoms with Crippen LogP contribution in [0.2, 0.25) is 0 Å². The van der Waals surface area contributed by atoms with Crippen molar-refractivity contribution in [3.8, 4) is 0 Å². The Hall–Kier alpha value is -1.35. The van der Waals surface area contributed by atoms with E-state index in [0.29, 0.717) is 19.0 Å². The van der Waals surface area contributed by atoms with Gasteiger partial charge < -0.3 is 9.64 Å². The van der Waals surface area contributed by atoms with E-state index in [1.807, 2.05) is 23.1 Å². The molecule has 0 bridgehead atoms. The zero-order valence-corrected chi connectivity index (χ0v) is 10.6. The second kappa shape index (κ2) is 4.88. The average Bonchev–Trinajstić information content (AvgIpc) is 2.27. The van der Waals surface area contributed by atoms with E-state index in [9.17, 15) is 4.79 Å². The molecule has 3 nitrogen and oxygen atoms in total. The van der Waals surface area contributed by atoms with Crippen LogP contribution < -0.4 is 0 Å². The van der Waals surface area contributed by atoms with Crippen molar-refractivity contribution in [2.45, 2.75) is 25.9 Å². The van der Waals surface area contributed by atoms with Crippen molar-refractivity contribution in [3.63, 3.8) is 0 Å². The highest BCUT2D eigenvalue weighted by atomic mass is 16.5. The third-order valence-corrected chi connectivity index (χ3v) is 3.27. The first kappa shape index (κ1) is 12.1. The number of benzene rings is 1. The van der Waals surface area contributed by atoms with Crippen LogP contribution in [0, 0.1) is 0 Å². The minimum Gasteiger partial charge on any atom is -0.378 e. The van der Waals surface area contributed by atoms with Crippen LogP contribution in [-0.2, 0) is 4.74 Å². The SMILES string of the molecule is COC1CN(C(=O)c2cccc(C(C)C)c2)C1. The van der Waals surface area contributed by atoms with Gasteiger partial charge in [0.15, 0.2) is 0 Å².